The minimum Gasteiger partial charge on any atom is -0.347 e. The second kappa shape index (κ2) is 8.01. The highest BCUT2D eigenvalue weighted by Crippen LogP contribution is 2.30. The first-order valence-corrected chi connectivity index (χ1v) is 10.2. The molecule has 1 amide bonds. The maximum Gasteiger partial charge on any atom is 0.263 e. The van der Waals surface area contributed by atoms with Crippen LogP contribution in [0.2, 0.25) is 0 Å². The van der Waals surface area contributed by atoms with Gasteiger partial charge in [0.05, 0.1) is 17.6 Å². The molecule has 0 saturated carbocycles. The van der Waals surface area contributed by atoms with Crippen LogP contribution >= 0.6 is 11.3 Å². The van der Waals surface area contributed by atoms with Crippen LogP contribution in [-0.2, 0) is 6.54 Å². The number of rotatable bonds is 5. The highest BCUT2D eigenvalue weighted by atomic mass is 32.1. The third-order valence-corrected chi connectivity index (χ3v) is 5.91. The van der Waals surface area contributed by atoms with Crippen molar-refractivity contribution in [3.05, 3.63) is 88.2 Å². The molecular weight excluding hydrogens is 380 g/mol. The molecule has 4 aromatic rings. The molecule has 146 valence electrons. The number of thiazole rings is 1. The van der Waals surface area contributed by atoms with E-state index in [1.54, 1.807) is 10.9 Å². The average Bonchev–Trinajstić information content (AvgIpc) is 3.34. The van der Waals surface area contributed by atoms with Gasteiger partial charge >= 0.3 is 0 Å². The molecule has 0 spiro atoms. The van der Waals surface area contributed by atoms with Crippen molar-refractivity contribution in [1.82, 2.24) is 20.1 Å². The lowest BCUT2D eigenvalue weighted by molar-refractivity contribution is 0.0954. The maximum atomic E-state index is 12.7. The van der Waals surface area contributed by atoms with E-state index >= 15 is 0 Å². The lowest BCUT2D eigenvalue weighted by Gasteiger charge is -2.03. The Hall–Kier alpha value is -3.25. The van der Waals surface area contributed by atoms with Gasteiger partial charge in [0, 0.05) is 23.9 Å². The molecular formula is C23H22N4OS. The first kappa shape index (κ1) is 19.1. The molecule has 0 radical (unpaired) electrons. The van der Waals surface area contributed by atoms with Crippen molar-refractivity contribution in [3.8, 4) is 16.3 Å². The summed E-state index contributed by atoms with van der Waals surface area (Å²) in [6.45, 7) is 6.44. The SMILES string of the molecule is Cc1ccc(-c2nc(C)c(C(=O)NCc3cnn(-c4ccccc4)c3)s2)c(C)c1. The van der Waals surface area contributed by atoms with Gasteiger partial charge in [0.15, 0.2) is 0 Å². The van der Waals surface area contributed by atoms with E-state index in [9.17, 15) is 4.79 Å². The largest absolute Gasteiger partial charge is 0.347 e. The van der Waals surface area contributed by atoms with Crippen molar-refractivity contribution < 1.29 is 4.79 Å². The van der Waals surface area contributed by atoms with Crippen molar-refractivity contribution >= 4 is 17.2 Å². The Balaban J connectivity index is 1.47. The molecule has 0 aliphatic carbocycles. The lowest BCUT2D eigenvalue weighted by atomic mass is 10.1. The second-order valence-corrected chi connectivity index (χ2v) is 8.06. The van der Waals surface area contributed by atoms with Crippen molar-refractivity contribution in [1.29, 1.82) is 0 Å². The van der Waals surface area contributed by atoms with Crippen LogP contribution in [0.25, 0.3) is 16.3 Å². The Kier molecular flexibility index (Phi) is 5.27. The molecule has 6 heteroatoms. The van der Waals surface area contributed by atoms with Crippen molar-refractivity contribution in [3.63, 3.8) is 0 Å². The minimum absolute atomic E-state index is 0.108. The van der Waals surface area contributed by atoms with Crippen LogP contribution < -0.4 is 5.32 Å². The third-order valence-electron chi connectivity index (χ3n) is 4.73. The van der Waals surface area contributed by atoms with Crippen LogP contribution in [0.3, 0.4) is 0 Å². The Bertz CT molecular complexity index is 1160. The zero-order valence-electron chi connectivity index (χ0n) is 16.6. The summed E-state index contributed by atoms with van der Waals surface area (Å²) >= 11 is 1.43. The number of hydrogen-bond acceptors (Lipinski definition) is 4. The number of para-hydroxylation sites is 1. The number of carbonyl (C=O) groups is 1. The molecule has 2 aromatic carbocycles. The summed E-state index contributed by atoms with van der Waals surface area (Å²) in [4.78, 5) is 18.0. The van der Waals surface area contributed by atoms with Crippen LogP contribution in [0.5, 0.6) is 0 Å². The number of aryl methyl sites for hydroxylation is 3. The van der Waals surface area contributed by atoms with E-state index in [-0.39, 0.29) is 5.91 Å². The fourth-order valence-corrected chi connectivity index (χ4v) is 4.28. The van der Waals surface area contributed by atoms with Gasteiger partial charge in [0.2, 0.25) is 0 Å². The fourth-order valence-electron chi connectivity index (χ4n) is 3.21. The molecule has 0 bridgehead atoms. The zero-order valence-corrected chi connectivity index (χ0v) is 17.5. The molecule has 0 saturated heterocycles. The summed E-state index contributed by atoms with van der Waals surface area (Å²) in [5.74, 6) is -0.108. The van der Waals surface area contributed by atoms with Gasteiger partial charge in [-0.3, -0.25) is 4.79 Å². The Morgan fingerprint density at radius 1 is 1.10 bits per heavy atom. The van der Waals surface area contributed by atoms with Gasteiger partial charge in [-0.1, -0.05) is 42.0 Å². The normalized spacial score (nSPS) is 10.9. The highest BCUT2D eigenvalue weighted by molar-refractivity contribution is 7.17. The monoisotopic (exact) mass is 402 g/mol. The summed E-state index contributed by atoms with van der Waals surface area (Å²) in [5, 5.41) is 8.24. The predicted octanol–water partition coefficient (Wildman–Crippen LogP) is 4.85. The van der Waals surface area contributed by atoms with E-state index in [1.807, 2.05) is 43.5 Å². The standard InChI is InChI=1S/C23H22N4OS/c1-15-9-10-20(16(2)11-15)23-26-17(3)21(29-23)22(28)24-12-18-13-25-27(14-18)19-7-5-4-6-8-19/h4-11,13-14H,12H2,1-3H3,(H,24,28). The zero-order chi connectivity index (χ0) is 20.4. The molecule has 1 N–H and O–H groups in total. The molecule has 0 atom stereocenters. The van der Waals surface area contributed by atoms with Crippen LogP contribution in [-0.4, -0.2) is 20.7 Å². The van der Waals surface area contributed by atoms with Crippen molar-refractivity contribution in [2.45, 2.75) is 27.3 Å². The molecule has 0 aliphatic heterocycles. The van der Waals surface area contributed by atoms with Gasteiger partial charge in [-0.2, -0.15) is 5.10 Å². The number of hydrogen-bond donors (Lipinski definition) is 1. The highest BCUT2D eigenvalue weighted by Gasteiger charge is 2.17. The topological polar surface area (TPSA) is 59.8 Å². The molecule has 2 aromatic heterocycles. The number of aromatic nitrogens is 3. The molecule has 5 nitrogen and oxygen atoms in total. The summed E-state index contributed by atoms with van der Waals surface area (Å²) < 4.78 is 1.80. The average molecular weight is 403 g/mol. The summed E-state index contributed by atoms with van der Waals surface area (Å²) in [5.41, 5.74) is 6.14. The molecule has 4 rings (SSSR count). The van der Waals surface area contributed by atoms with Crippen molar-refractivity contribution in [2.75, 3.05) is 0 Å². The summed E-state index contributed by atoms with van der Waals surface area (Å²) in [7, 11) is 0. The van der Waals surface area contributed by atoms with Gasteiger partial charge in [0.1, 0.15) is 9.88 Å². The summed E-state index contributed by atoms with van der Waals surface area (Å²) in [6, 6.07) is 16.2. The summed E-state index contributed by atoms with van der Waals surface area (Å²) in [6.07, 6.45) is 3.70. The predicted molar refractivity (Wildman–Crippen MR) is 116 cm³/mol. The fraction of sp³-hybridized carbons (Fsp3) is 0.174. The maximum absolute atomic E-state index is 12.7. The number of carbonyl (C=O) groups excluding carboxylic acids is 1. The number of benzene rings is 2. The second-order valence-electron chi connectivity index (χ2n) is 7.06. The van der Waals surface area contributed by atoms with Gasteiger partial charge in [-0.25, -0.2) is 9.67 Å². The number of amides is 1. The van der Waals surface area contributed by atoms with Crippen LogP contribution in [0, 0.1) is 20.8 Å². The smallest absolute Gasteiger partial charge is 0.263 e. The molecule has 2 heterocycles. The van der Waals surface area contributed by atoms with E-state index in [4.69, 9.17) is 0 Å². The van der Waals surface area contributed by atoms with E-state index < -0.39 is 0 Å². The molecule has 0 fully saturated rings. The van der Waals surface area contributed by atoms with Gasteiger partial charge in [-0.05, 0) is 38.5 Å². The van der Waals surface area contributed by atoms with Gasteiger partial charge in [-0.15, -0.1) is 11.3 Å². The minimum atomic E-state index is -0.108. The van der Waals surface area contributed by atoms with E-state index in [2.05, 4.69) is 47.4 Å². The lowest BCUT2D eigenvalue weighted by Crippen LogP contribution is -2.22. The number of nitrogens with one attached hydrogen (secondary N) is 1. The first-order chi connectivity index (χ1) is 14.0. The number of nitrogens with zero attached hydrogens (tertiary/aromatic N) is 3. The Morgan fingerprint density at radius 2 is 1.90 bits per heavy atom. The first-order valence-electron chi connectivity index (χ1n) is 9.43. The molecule has 0 aliphatic rings. The Morgan fingerprint density at radius 3 is 2.66 bits per heavy atom. The molecule has 0 unspecified atom stereocenters. The quantitative estimate of drug-likeness (QED) is 0.519. The van der Waals surface area contributed by atoms with Crippen LogP contribution in [0.1, 0.15) is 32.1 Å². The van der Waals surface area contributed by atoms with E-state index in [0.29, 0.717) is 11.4 Å². The van der Waals surface area contributed by atoms with Gasteiger partial charge in [0.25, 0.3) is 5.91 Å². The van der Waals surface area contributed by atoms with E-state index in [1.165, 1.54) is 22.5 Å². The molecule has 29 heavy (non-hydrogen) atoms. The Labute approximate surface area is 174 Å². The third kappa shape index (κ3) is 4.12. The van der Waals surface area contributed by atoms with Crippen molar-refractivity contribution in [2.24, 2.45) is 0 Å². The van der Waals surface area contributed by atoms with Gasteiger partial charge < -0.3 is 5.32 Å². The van der Waals surface area contributed by atoms with Crippen LogP contribution in [0.4, 0.5) is 0 Å². The van der Waals surface area contributed by atoms with Crippen LogP contribution in [0.15, 0.2) is 60.9 Å². The van der Waals surface area contributed by atoms with E-state index in [0.717, 1.165) is 27.5 Å².